The van der Waals surface area contributed by atoms with Gasteiger partial charge in [-0.15, -0.1) is 11.3 Å². The van der Waals surface area contributed by atoms with Gasteiger partial charge in [0.25, 0.3) is 0 Å². The van der Waals surface area contributed by atoms with Crippen LogP contribution in [0, 0.1) is 0 Å². The van der Waals surface area contributed by atoms with Gasteiger partial charge in [0, 0.05) is 27.6 Å². The van der Waals surface area contributed by atoms with E-state index >= 15 is 0 Å². The lowest BCUT2D eigenvalue weighted by Gasteiger charge is -2.40. The molecular weight excluding hydrogens is 258 g/mol. The summed E-state index contributed by atoms with van der Waals surface area (Å²) >= 11 is 4.00. The minimum atomic E-state index is 0.289. The minimum absolute atomic E-state index is 0.289. The van der Waals surface area contributed by atoms with Gasteiger partial charge in [0.15, 0.2) is 0 Å². The Balaban J connectivity index is 1.82. The zero-order valence-electron chi connectivity index (χ0n) is 12.0. The number of thioether (sulfide) groups is 1. The summed E-state index contributed by atoms with van der Waals surface area (Å²) in [5, 5.41) is 3.65. The molecule has 0 saturated heterocycles. The molecule has 0 aliphatic heterocycles. The van der Waals surface area contributed by atoms with Crippen LogP contribution in [0.1, 0.15) is 49.8 Å². The lowest BCUT2D eigenvalue weighted by molar-refractivity contribution is 0.346. The van der Waals surface area contributed by atoms with Crippen LogP contribution in [0.5, 0.6) is 0 Å². The van der Waals surface area contributed by atoms with Crippen LogP contribution in [-0.2, 0) is 12.0 Å². The van der Waals surface area contributed by atoms with Crippen molar-refractivity contribution in [3.8, 4) is 0 Å². The van der Waals surface area contributed by atoms with Crippen LogP contribution in [0.25, 0.3) is 0 Å². The van der Waals surface area contributed by atoms with Gasteiger partial charge in [-0.3, -0.25) is 0 Å². The molecule has 1 heterocycles. The van der Waals surface area contributed by atoms with Crippen LogP contribution in [0.2, 0.25) is 0 Å². The summed E-state index contributed by atoms with van der Waals surface area (Å²) in [5.74, 6) is 0. The molecule has 1 aromatic heterocycles. The van der Waals surface area contributed by atoms with Gasteiger partial charge in [-0.25, -0.2) is 0 Å². The third-order valence-corrected chi connectivity index (χ3v) is 6.77. The van der Waals surface area contributed by atoms with Crippen LogP contribution in [0.4, 0.5) is 0 Å². The van der Waals surface area contributed by atoms with E-state index in [4.69, 9.17) is 0 Å². The van der Waals surface area contributed by atoms with Crippen LogP contribution < -0.4 is 5.32 Å². The molecule has 102 valence electrons. The van der Waals surface area contributed by atoms with Crippen molar-refractivity contribution in [1.29, 1.82) is 0 Å². The Labute approximate surface area is 120 Å². The Morgan fingerprint density at radius 3 is 2.50 bits per heavy atom. The monoisotopic (exact) mass is 283 g/mol. The molecule has 1 aromatic rings. The topological polar surface area (TPSA) is 12.0 Å². The maximum atomic E-state index is 3.65. The molecule has 2 rings (SSSR count). The molecule has 1 aliphatic carbocycles. The molecule has 0 radical (unpaired) electrons. The number of thiophene rings is 1. The average molecular weight is 284 g/mol. The molecule has 1 saturated carbocycles. The second-order valence-corrected chi connectivity index (χ2v) is 8.80. The zero-order chi connectivity index (χ0) is 13.2. The number of nitrogens with one attached hydrogen (secondary N) is 1. The second-order valence-electron chi connectivity index (χ2n) is 6.36. The molecule has 1 aliphatic rings. The Hall–Kier alpha value is 0.01000. The van der Waals surface area contributed by atoms with Crippen LogP contribution in [-0.4, -0.2) is 17.5 Å². The van der Waals surface area contributed by atoms with Crippen molar-refractivity contribution in [3.05, 3.63) is 21.9 Å². The number of hydrogen-bond donors (Lipinski definition) is 1. The van der Waals surface area contributed by atoms with E-state index in [9.17, 15) is 0 Å². The van der Waals surface area contributed by atoms with Crippen molar-refractivity contribution in [1.82, 2.24) is 5.32 Å². The third kappa shape index (κ3) is 3.31. The molecule has 1 N–H and O–H groups in total. The second kappa shape index (κ2) is 5.56. The highest BCUT2D eigenvalue weighted by molar-refractivity contribution is 8.00. The predicted molar refractivity (Wildman–Crippen MR) is 84.8 cm³/mol. The number of hydrogen-bond acceptors (Lipinski definition) is 3. The molecule has 0 amide bonds. The summed E-state index contributed by atoms with van der Waals surface area (Å²) in [5.41, 5.74) is 0.289. The smallest absolute Gasteiger partial charge is 0.0300 e. The van der Waals surface area contributed by atoms with Crippen molar-refractivity contribution in [2.75, 3.05) is 12.8 Å². The first-order chi connectivity index (χ1) is 8.45. The maximum absolute atomic E-state index is 3.65. The van der Waals surface area contributed by atoms with Crippen molar-refractivity contribution in [3.63, 3.8) is 0 Å². The molecule has 3 heteroatoms. The Morgan fingerprint density at radius 1 is 1.33 bits per heavy atom. The Kier molecular flexibility index (Phi) is 4.45. The van der Waals surface area contributed by atoms with Gasteiger partial charge in [-0.1, -0.05) is 27.2 Å². The Bertz CT molecular complexity index is 380. The van der Waals surface area contributed by atoms with E-state index in [0.717, 1.165) is 13.1 Å². The molecule has 1 nitrogen and oxygen atoms in total. The maximum Gasteiger partial charge on any atom is 0.0300 e. The lowest BCUT2D eigenvalue weighted by atomic mass is 9.84. The van der Waals surface area contributed by atoms with E-state index < -0.39 is 0 Å². The first-order valence-electron chi connectivity index (χ1n) is 6.80. The van der Waals surface area contributed by atoms with Gasteiger partial charge in [0.2, 0.25) is 0 Å². The fourth-order valence-electron chi connectivity index (χ4n) is 2.31. The molecule has 0 spiro atoms. The van der Waals surface area contributed by atoms with Gasteiger partial charge in [-0.2, -0.15) is 11.8 Å². The highest BCUT2D eigenvalue weighted by atomic mass is 32.2. The molecule has 0 bridgehead atoms. The summed E-state index contributed by atoms with van der Waals surface area (Å²) in [7, 11) is 0. The largest absolute Gasteiger partial charge is 0.310 e. The lowest BCUT2D eigenvalue weighted by Crippen LogP contribution is -2.43. The standard InChI is InChI=1S/C15H25NS2/c1-14(2,3)13-7-6-12(18-13)10-16-11-15(17-4)8-5-9-15/h6-7,16H,5,8-11H2,1-4H3. The van der Waals surface area contributed by atoms with Crippen LogP contribution in [0.3, 0.4) is 0 Å². The fourth-order valence-corrected chi connectivity index (χ4v) is 4.29. The highest BCUT2D eigenvalue weighted by Crippen LogP contribution is 2.42. The summed E-state index contributed by atoms with van der Waals surface area (Å²) in [4.78, 5) is 2.96. The van der Waals surface area contributed by atoms with Gasteiger partial charge < -0.3 is 5.32 Å². The van der Waals surface area contributed by atoms with Gasteiger partial charge in [0.1, 0.15) is 0 Å². The summed E-state index contributed by atoms with van der Waals surface area (Å²) < 4.78 is 0.546. The quantitative estimate of drug-likeness (QED) is 0.858. The fraction of sp³-hybridized carbons (Fsp3) is 0.733. The molecular formula is C15H25NS2. The predicted octanol–water partition coefficient (Wildman–Crippen LogP) is 4.42. The molecule has 1 fully saturated rings. The third-order valence-electron chi connectivity index (χ3n) is 3.85. The van der Waals surface area contributed by atoms with Gasteiger partial charge in [-0.05, 0) is 36.6 Å². The van der Waals surface area contributed by atoms with E-state index in [-0.39, 0.29) is 5.41 Å². The van der Waals surface area contributed by atoms with E-state index in [1.165, 1.54) is 29.0 Å². The molecule has 0 atom stereocenters. The van der Waals surface area contributed by atoms with Crippen molar-refractivity contribution in [2.45, 2.75) is 56.7 Å². The van der Waals surface area contributed by atoms with E-state index in [1.54, 1.807) is 0 Å². The van der Waals surface area contributed by atoms with E-state index in [1.807, 2.05) is 23.1 Å². The Morgan fingerprint density at radius 2 is 2.06 bits per heavy atom. The highest BCUT2D eigenvalue weighted by Gasteiger charge is 2.35. The van der Waals surface area contributed by atoms with Gasteiger partial charge >= 0.3 is 0 Å². The SMILES string of the molecule is CSC1(CNCc2ccc(C(C)(C)C)s2)CCC1. The summed E-state index contributed by atoms with van der Waals surface area (Å²) in [6.45, 7) is 9.05. The van der Waals surface area contributed by atoms with Gasteiger partial charge in [0.05, 0.1) is 0 Å². The van der Waals surface area contributed by atoms with Crippen molar-refractivity contribution in [2.24, 2.45) is 0 Å². The molecule has 0 aromatic carbocycles. The first kappa shape index (κ1) is 14.4. The van der Waals surface area contributed by atoms with E-state index in [2.05, 4.69) is 44.5 Å². The summed E-state index contributed by atoms with van der Waals surface area (Å²) in [6, 6.07) is 4.57. The van der Waals surface area contributed by atoms with E-state index in [0.29, 0.717) is 4.75 Å². The van der Waals surface area contributed by atoms with Crippen molar-refractivity contribution < 1.29 is 0 Å². The number of rotatable bonds is 5. The van der Waals surface area contributed by atoms with Crippen LogP contribution in [0.15, 0.2) is 12.1 Å². The molecule has 18 heavy (non-hydrogen) atoms. The normalized spacial score (nSPS) is 18.7. The summed E-state index contributed by atoms with van der Waals surface area (Å²) in [6.07, 6.45) is 6.44. The van der Waals surface area contributed by atoms with Crippen molar-refractivity contribution >= 4 is 23.1 Å². The molecule has 0 unspecified atom stereocenters. The zero-order valence-corrected chi connectivity index (χ0v) is 13.6. The van der Waals surface area contributed by atoms with Crippen LogP contribution >= 0.6 is 23.1 Å². The first-order valence-corrected chi connectivity index (χ1v) is 8.84. The minimum Gasteiger partial charge on any atom is -0.310 e. The average Bonchev–Trinajstić information content (AvgIpc) is 2.70.